The summed E-state index contributed by atoms with van der Waals surface area (Å²) < 4.78 is 10.3. The number of ether oxygens (including phenoxy) is 2. The van der Waals surface area contributed by atoms with Crippen molar-refractivity contribution in [3.63, 3.8) is 0 Å². The Morgan fingerprint density at radius 1 is 1.40 bits per heavy atom. The topological polar surface area (TPSA) is 74.4 Å². The molecule has 2 N–H and O–H groups in total. The number of methoxy groups -OCH3 is 1. The lowest BCUT2D eigenvalue weighted by Crippen LogP contribution is -2.07. The number of aromatic nitrogens is 1. The molecule has 0 bridgehead atoms. The Kier molecular flexibility index (Phi) is 4.42. The highest BCUT2D eigenvalue weighted by Gasteiger charge is 2.13. The maximum atomic E-state index is 11.9. The molecule has 104 valence electrons. The van der Waals surface area contributed by atoms with Gasteiger partial charge in [0.15, 0.2) is 0 Å². The number of carbonyl (C=O) groups excluding carboxylic acids is 1. The summed E-state index contributed by atoms with van der Waals surface area (Å²) in [5.74, 6) is 0.125. The van der Waals surface area contributed by atoms with Gasteiger partial charge in [0.05, 0.1) is 24.6 Å². The molecule has 6 heteroatoms. The quantitative estimate of drug-likeness (QED) is 0.693. The Balaban J connectivity index is 2.06. The maximum Gasteiger partial charge on any atom is 0.341 e. The van der Waals surface area contributed by atoms with Gasteiger partial charge in [-0.3, -0.25) is 0 Å². The first-order chi connectivity index (χ1) is 9.60. The summed E-state index contributed by atoms with van der Waals surface area (Å²) in [5, 5.41) is 0.0647. The highest BCUT2D eigenvalue weighted by Crippen LogP contribution is 2.18. The third-order valence-corrected chi connectivity index (χ3v) is 2.89. The lowest BCUT2D eigenvalue weighted by Gasteiger charge is -2.07. The van der Waals surface area contributed by atoms with Crippen LogP contribution in [0.5, 0.6) is 5.75 Å². The zero-order valence-electron chi connectivity index (χ0n) is 10.8. The fraction of sp³-hybridized carbons (Fsp3) is 0.143. The van der Waals surface area contributed by atoms with Gasteiger partial charge in [0.1, 0.15) is 17.5 Å². The van der Waals surface area contributed by atoms with E-state index in [4.69, 9.17) is 26.8 Å². The summed E-state index contributed by atoms with van der Waals surface area (Å²) in [7, 11) is 1.57. The van der Waals surface area contributed by atoms with Gasteiger partial charge in [-0.05, 0) is 23.8 Å². The van der Waals surface area contributed by atoms with Crippen molar-refractivity contribution in [2.75, 3.05) is 12.8 Å². The van der Waals surface area contributed by atoms with E-state index >= 15 is 0 Å². The largest absolute Gasteiger partial charge is 0.497 e. The molecule has 2 rings (SSSR count). The van der Waals surface area contributed by atoms with Crippen molar-refractivity contribution >= 4 is 23.3 Å². The molecule has 0 amide bonds. The molecular formula is C14H13ClN2O3. The predicted molar refractivity (Wildman–Crippen MR) is 75.8 cm³/mol. The van der Waals surface area contributed by atoms with Gasteiger partial charge in [-0.2, -0.15) is 0 Å². The number of esters is 1. The maximum absolute atomic E-state index is 11.9. The molecule has 0 aliphatic carbocycles. The summed E-state index contributed by atoms with van der Waals surface area (Å²) in [5.41, 5.74) is 6.87. The summed E-state index contributed by atoms with van der Waals surface area (Å²) in [6.07, 6.45) is 1.38. The van der Waals surface area contributed by atoms with Gasteiger partial charge in [-0.1, -0.05) is 23.7 Å². The first-order valence-corrected chi connectivity index (χ1v) is 6.19. The second-order valence-corrected chi connectivity index (χ2v) is 4.39. The third kappa shape index (κ3) is 3.39. The van der Waals surface area contributed by atoms with E-state index in [1.807, 2.05) is 18.2 Å². The average molecular weight is 293 g/mol. The molecule has 1 aromatic carbocycles. The van der Waals surface area contributed by atoms with Crippen LogP contribution >= 0.6 is 11.6 Å². The third-order valence-electron chi connectivity index (χ3n) is 2.58. The van der Waals surface area contributed by atoms with Gasteiger partial charge in [-0.25, -0.2) is 9.78 Å². The Morgan fingerprint density at radius 3 is 2.95 bits per heavy atom. The van der Waals surface area contributed by atoms with Crippen LogP contribution in [-0.4, -0.2) is 18.1 Å². The lowest BCUT2D eigenvalue weighted by atomic mass is 10.2. The molecule has 2 aromatic rings. The zero-order chi connectivity index (χ0) is 14.5. The molecule has 0 radical (unpaired) electrons. The van der Waals surface area contributed by atoms with Crippen LogP contribution in [0.15, 0.2) is 36.5 Å². The van der Waals surface area contributed by atoms with Crippen molar-refractivity contribution in [3.05, 3.63) is 52.8 Å². The standard InChI is InChI=1S/C14H13ClN2O3/c1-19-11-4-2-3-9(5-11)8-20-14(18)12-6-10(16)7-17-13(12)15/h2-7H,8,16H2,1H3. The molecule has 0 saturated carbocycles. The summed E-state index contributed by atoms with van der Waals surface area (Å²) in [6, 6.07) is 8.67. The van der Waals surface area contributed by atoms with Crippen LogP contribution in [-0.2, 0) is 11.3 Å². The minimum absolute atomic E-state index is 0.0647. The lowest BCUT2D eigenvalue weighted by molar-refractivity contribution is 0.0472. The molecular weight excluding hydrogens is 280 g/mol. The number of carbonyl (C=O) groups is 1. The van der Waals surface area contributed by atoms with Crippen LogP contribution in [0.4, 0.5) is 5.69 Å². The first-order valence-electron chi connectivity index (χ1n) is 5.81. The Labute approximate surface area is 121 Å². The smallest absolute Gasteiger partial charge is 0.341 e. The molecule has 0 saturated heterocycles. The van der Waals surface area contributed by atoms with Crippen molar-refractivity contribution in [1.29, 1.82) is 0 Å². The summed E-state index contributed by atoms with van der Waals surface area (Å²) in [4.78, 5) is 15.7. The normalized spacial score (nSPS) is 10.1. The molecule has 1 heterocycles. The fourth-order valence-corrected chi connectivity index (χ4v) is 1.78. The average Bonchev–Trinajstić information content (AvgIpc) is 2.47. The summed E-state index contributed by atoms with van der Waals surface area (Å²) >= 11 is 5.83. The van der Waals surface area contributed by atoms with E-state index < -0.39 is 5.97 Å². The Morgan fingerprint density at radius 2 is 2.20 bits per heavy atom. The van der Waals surface area contributed by atoms with Gasteiger partial charge in [0.2, 0.25) is 0 Å². The number of rotatable bonds is 4. The highest BCUT2D eigenvalue weighted by molar-refractivity contribution is 6.32. The first kappa shape index (κ1) is 14.1. The molecule has 1 aromatic heterocycles. The molecule has 20 heavy (non-hydrogen) atoms. The second kappa shape index (κ2) is 6.25. The van der Waals surface area contributed by atoms with E-state index in [-0.39, 0.29) is 17.3 Å². The van der Waals surface area contributed by atoms with Gasteiger partial charge in [0, 0.05) is 0 Å². The number of nitrogens with zero attached hydrogens (tertiary/aromatic N) is 1. The number of benzene rings is 1. The molecule has 0 fully saturated rings. The highest BCUT2D eigenvalue weighted by atomic mass is 35.5. The number of hydrogen-bond acceptors (Lipinski definition) is 5. The van der Waals surface area contributed by atoms with Crippen molar-refractivity contribution in [1.82, 2.24) is 4.98 Å². The van der Waals surface area contributed by atoms with E-state index in [9.17, 15) is 4.79 Å². The molecule has 0 aliphatic heterocycles. The second-order valence-electron chi connectivity index (χ2n) is 4.03. The summed E-state index contributed by atoms with van der Waals surface area (Å²) in [6.45, 7) is 0.112. The Bertz CT molecular complexity index is 632. The number of anilines is 1. The van der Waals surface area contributed by atoms with Crippen LogP contribution in [0, 0.1) is 0 Å². The van der Waals surface area contributed by atoms with Crippen molar-refractivity contribution in [3.8, 4) is 5.75 Å². The number of nitrogen functional groups attached to an aromatic ring is 1. The van der Waals surface area contributed by atoms with Crippen LogP contribution < -0.4 is 10.5 Å². The minimum atomic E-state index is -0.572. The van der Waals surface area contributed by atoms with Gasteiger partial charge in [-0.15, -0.1) is 0 Å². The van der Waals surface area contributed by atoms with Gasteiger partial charge < -0.3 is 15.2 Å². The van der Waals surface area contributed by atoms with Crippen LogP contribution in [0.2, 0.25) is 5.15 Å². The number of nitrogens with two attached hydrogens (primary N) is 1. The van der Waals surface area contributed by atoms with Crippen LogP contribution in [0.25, 0.3) is 0 Å². The van der Waals surface area contributed by atoms with E-state index in [1.165, 1.54) is 12.3 Å². The fourth-order valence-electron chi connectivity index (χ4n) is 1.60. The van der Waals surface area contributed by atoms with Gasteiger partial charge >= 0.3 is 5.97 Å². The van der Waals surface area contributed by atoms with E-state index in [1.54, 1.807) is 13.2 Å². The number of pyridine rings is 1. The van der Waals surface area contributed by atoms with Crippen molar-refractivity contribution in [2.45, 2.75) is 6.61 Å². The van der Waals surface area contributed by atoms with E-state index in [0.29, 0.717) is 11.4 Å². The predicted octanol–water partition coefficient (Wildman–Crippen LogP) is 2.68. The number of hydrogen-bond donors (Lipinski definition) is 1. The van der Waals surface area contributed by atoms with Crippen LogP contribution in [0.3, 0.4) is 0 Å². The molecule has 0 unspecified atom stereocenters. The molecule has 5 nitrogen and oxygen atoms in total. The van der Waals surface area contributed by atoms with E-state index in [0.717, 1.165) is 5.56 Å². The van der Waals surface area contributed by atoms with Crippen molar-refractivity contribution < 1.29 is 14.3 Å². The Hall–Kier alpha value is -2.27. The van der Waals surface area contributed by atoms with Crippen molar-refractivity contribution in [2.24, 2.45) is 0 Å². The zero-order valence-corrected chi connectivity index (χ0v) is 11.6. The van der Waals surface area contributed by atoms with Crippen LogP contribution in [0.1, 0.15) is 15.9 Å². The number of halogens is 1. The van der Waals surface area contributed by atoms with E-state index in [2.05, 4.69) is 4.98 Å². The van der Waals surface area contributed by atoms with Gasteiger partial charge in [0.25, 0.3) is 0 Å². The SMILES string of the molecule is COc1cccc(COC(=O)c2cc(N)cnc2Cl)c1. The molecule has 0 aliphatic rings. The minimum Gasteiger partial charge on any atom is -0.497 e. The monoisotopic (exact) mass is 292 g/mol. The molecule has 0 atom stereocenters. The molecule has 0 spiro atoms.